The summed E-state index contributed by atoms with van der Waals surface area (Å²) in [6, 6.07) is 7.91. The van der Waals surface area contributed by atoms with E-state index >= 15 is 0 Å². The fourth-order valence-corrected chi connectivity index (χ4v) is 1.82. The summed E-state index contributed by atoms with van der Waals surface area (Å²) < 4.78 is 5.68. The molecule has 1 rings (SSSR count). The van der Waals surface area contributed by atoms with Gasteiger partial charge in [0.15, 0.2) is 0 Å². The van der Waals surface area contributed by atoms with E-state index < -0.39 is 0 Å². The first-order chi connectivity index (χ1) is 9.26. The zero-order chi connectivity index (χ0) is 13.9. The normalized spacial score (nSPS) is 10.9. The van der Waals surface area contributed by atoms with Crippen molar-refractivity contribution in [1.29, 1.82) is 0 Å². The van der Waals surface area contributed by atoms with Gasteiger partial charge < -0.3 is 20.5 Å². The van der Waals surface area contributed by atoms with Crippen LogP contribution in [0.25, 0.3) is 0 Å². The number of rotatable bonds is 10. The quantitative estimate of drug-likeness (QED) is 0.632. The lowest BCUT2D eigenvalue weighted by Crippen LogP contribution is -2.25. The summed E-state index contributed by atoms with van der Waals surface area (Å²) in [6.45, 7) is 3.52. The molecule has 0 unspecified atom stereocenters. The summed E-state index contributed by atoms with van der Waals surface area (Å²) in [5.74, 6) is 0.894. The molecule has 0 heterocycles. The van der Waals surface area contributed by atoms with Crippen LogP contribution in [0.4, 0.5) is 0 Å². The van der Waals surface area contributed by atoms with Crippen molar-refractivity contribution in [3.05, 3.63) is 29.8 Å². The van der Waals surface area contributed by atoms with Crippen LogP contribution in [-0.4, -0.2) is 43.4 Å². The monoisotopic (exact) mass is 266 g/mol. The number of nitrogens with two attached hydrogens (primary N) is 1. The van der Waals surface area contributed by atoms with Gasteiger partial charge in [-0.05, 0) is 50.6 Å². The molecule has 0 spiro atoms. The van der Waals surface area contributed by atoms with Gasteiger partial charge in [-0.3, -0.25) is 0 Å². The van der Waals surface area contributed by atoms with Gasteiger partial charge in [0.25, 0.3) is 0 Å². The number of likely N-dealkylation sites (N-methyl/N-ethyl adjacent to an activating group) is 1. The van der Waals surface area contributed by atoms with Crippen LogP contribution in [-0.2, 0) is 6.54 Å². The summed E-state index contributed by atoms with van der Waals surface area (Å²) in [5, 5.41) is 8.69. The Bertz CT molecular complexity index is 327. The highest BCUT2D eigenvalue weighted by molar-refractivity contribution is 5.27. The van der Waals surface area contributed by atoms with E-state index in [-0.39, 0.29) is 0 Å². The number of hydrogen-bond donors (Lipinski definition) is 2. The van der Waals surface area contributed by atoms with E-state index in [1.54, 1.807) is 0 Å². The molecule has 19 heavy (non-hydrogen) atoms. The van der Waals surface area contributed by atoms with Crippen LogP contribution in [0, 0.1) is 0 Å². The number of hydrogen-bond acceptors (Lipinski definition) is 4. The minimum Gasteiger partial charge on any atom is -0.492 e. The van der Waals surface area contributed by atoms with Crippen LogP contribution in [0.15, 0.2) is 24.3 Å². The summed E-state index contributed by atoms with van der Waals surface area (Å²) in [7, 11) is 2.10. The van der Waals surface area contributed by atoms with Gasteiger partial charge in [0, 0.05) is 19.7 Å². The smallest absolute Gasteiger partial charge is 0.119 e. The molecule has 0 bridgehead atoms. The maximum absolute atomic E-state index is 8.69. The van der Waals surface area contributed by atoms with Crippen LogP contribution in [0.1, 0.15) is 24.8 Å². The summed E-state index contributed by atoms with van der Waals surface area (Å²) >= 11 is 0. The summed E-state index contributed by atoms with van der Waals surface area (Å²) in [6.07, 6.45) is 3.11. The molecular formula is C15H26N2O2. The highest BCUT2D eigenvalue weighted by atomic mass is 16.5. The first-order valence-electron chi connectivity index (χ1n) is 6.97. The molecule has 4 heteroatoms. The minimum absolute atomic E-state index is 0.297. The summed E-state index contributed by atoms with van der Waals surface area (Å²) in [4.78, 5) is 2.26. The Morgan fingerprint density at radius 1 is 1.11 bits per heavy atom. The van der Waals surface area contributed by atoms with Crippen LogP contribution in [0.5, 0.6) is 5.75 Å². The third-order valence-electron chi connectivity index (χ3n) is 3.10. The predicted molar refractivity (Wildman–Crippen MR) is 78.3 cm³/mol. The molecule has 0 radical (unpaired) electrons. The van der Waals surface area contributed by atoms with Gasteiger partial charge in [-0.2, -0.15) is 0 Å². The van der Waals surface area contributed by atoms with E-state index in [1.807, 2.05) is 24.3 Å². The molecule has 0 aromatic heterocycles. The molecule has 108 valence electrons. The van der Waals surface area contributed by atoms with Gasteiger partial charge >= 0.3 is 0 Å². The number of aliphatic hydroxyl groups is 1. The molecule has 1 aromatic carbocycles. The molecule has 1 aromatic rings. The average Bonchev–Trinajstić information content (AvgIpc) is 2.44. The van der Waals surface area contributed by atoms with Gasteiger partial charge in [0.2, 0.25) is 0 Å². The highest BCUT2D eigenvalue weighted by Crippen LogP contribution is 2.11. The highest BCUT2D eigenvalue weighted by Gasteiger charge is 1.99. The molecule has 0 saturated heterocycles. The number of unbranched alkanes of at least 4 members (excludes halogenated alkanes) is 2. The van der Waals surface area contributed by atoms with Gasteiger partial charge in [0.05, 0.1) is 0 Å². The molecule has 3 N–H and O–H groups in total. The van der Waals surface area contributed by atoms with Crippen LogP contribution in [0.3, 0.4) is 0 Å². The molecule has 0 aliphatic rings. The second-order valence-corrected chi connectivity index (χ2v) is 4.78. The van der Waals surface area contributed by atoms with Gasteiger partial charge in [-0.25, -0.2) is 0 Å². The van der Waals surface area contributed by atoms with Crippen molar-refractivity contribution in [3.8, 4) is 5.75 Å². The fraction of sp³-hybridized carbons (Fsp3) is 0.600. The third-order valence-corrected chi connectivity index (χ3v) is 3.10. The number of nitrogens with zero attached hydrogens (tertiary/aromatic N) is 1. The van der Waals surface area contributed by atoms with Crippen molar-refractivity contribution >= 4 is 0 Å². The van der Waals surface area contributed by atoms with E-state index in [2.05, 4.69) is 11.9 Å². The minimum atomic E-state index is 0.297. The lowest BCUT2D eigenvalue weighted by Gasteiger charge is -2.16. The molecule has 4 nitrogen and oxygen atoms in total. The van der Waals surface area contributed by atoms with Crippen molar-refractivity contribution < 1.29 is 9.84 Å². The van der Waals surface area contributed by atoms with E-state index in [1.165, 1.54) is 0 Å². The second kappa shape index (κ2) is 9.78. The largest absolute Gasteiger partial charge is 0.492 e. The Balaban J connectivity index is 2.11. The van der Waals surface area contributed by atoms with E-state index in [0.29, 0.717) is 19.8 Å². The molecule has 0 saturated carbocycles. The van der Waals surface area contributed by atoms with Gasteiger partial charge in [-0.15, -0.1) is 0 Å². The van der Waals surface area contributed by atoms with Gasteiger partial charge in [0.1, 0.15) is 12.4 Å². The first-order valence-corrected chi connectivity index (χ1v) is 6.97. The predicted octanol–water partition coefficient (Wildman–Crippen LogP) is 1.62. The number of ether oxygens (including phenoxy) is 1. The van der Waals surface area contributed by atoms with Gasteiger partial charge in [-0.1, -0.05) is 12.1 Å². The molecule has 0 aliphatic heterocycles. The van der Waals surface area contributed by atoms with Crippen LogP contribution >= 0.6 is 0 Å². The zero-order valence-electron chi connectivity index (χ0n) is 11.8. The Hall–Kier alpha value is -1.10. The molecule has 0 amide bonds. The molecule has 0 aliphatic carbocycles. The third kappa shape index (κ3) is 7.15. The topological polar surface area (TPSA) is 58.7 Å². The molecule has 0 atom stereocenters. The SMILES string of the molecule is CN(CCCCCO)CCOc1ccc(CN)cc1. The van der Waals surface area contributed by atoms with E-state index in [9.17, 15) is 0 Å². The lowest BCUT2D eigenvalue weighted by atomic mass is 10.2. The maximum atomic E-state index is 8.69. The van der Waals surface area contributed by atoms with Crippen molar-refractivity contribution in [2.24, 2.45) is 5.73 Å². The average molecular weight is 266 g/mol. The maximum Gasteiger partial charge on any atom is 0.119 e. The molecule has 0 fully saturated rings. The van der Waals surface area contributed by atoms with E-state index in [0.717, 1.165) is 43.7 Å². The van der Waals surface area contributed by atoms with Crippen molar-refractivity contribution in [1.82, 2.24) is 4.90 Å². The van der Waals surface area contributed by atoms with Crippen LogP contribution < -0.4 is 10.5 Å². The van der Waals surface area contributed by atoms with E-state index in [4.69, 9.17) is 15.6 Å². The Labute approximate surface area is 116 Å². The second-order valence-electron chi connectivity index (χ2n) is 4.78. The number of aliphatic hydroxyl groups excluding tert-OH is 1. The number of benzene rings is 1. The fourth-order valence-electron chi connectivity index (χ4n) is 1.82. The van der Waals surface area contributed by atoms with Crippen molar-refractivity contribution in [2.75, 3.05) is 33.4 Å². The standard InChI is InChI=1S/C15H26N2O2/c1-17(9-3-2-4-11-18)10-12-19-15-7-5-14(13-16)6-8-15/h5-8,18H,2-4,9-13,16H2,1H3. The van der Waals surface area contributed by atoms with Crippen molar-refractivity contribution in [2.45, 2.75) is 25.8 Å². The van der Waals surface area contributed by atoms with Crippen LogP contribution in [0.2, 0.25) is 0 Å². The lowest BCUT2D eigenvalue weighted by molar-refractivity contribution is 0.230. The molecular weight excluding hydrogens is 240 g/mol. The first kappa shape index (κ1) is 16.0. The zero-order valence-corrected chi connectivity index (χ0v) is 11.8. The Morgan fingerprint density at radius 3 is 2.47 bits per heavy atom. The Kier molecular flexibility index (Phi) is 8.21. The Morgan fingerprint density at radius 2 is 1.84 bits per heavy atom. The van der Waals surface area contributed by atoms with Crippen molar-refractivity contribution in [3.63, 3.8) is 0 Å². The summed E-state index contributed by atoms with van der Waals surface area (Å²) in [5.41, 5.74) is 6.66.